The van der Waals surface area contributed by atoms with Gasteiger partial charge in [0, 0.05) is 60.6 Å². The van der Waals surface area contributed by atoms with Gasteiger partial charge in [-0.1, -0.05) is 23.7 Å². The fourth-order valence-electron chi connectivity index (χ4n) is 5.48. The highest BCUT2D eigenvalue weighted by molar-refractivity contribution is 6.30. The number of esters is 1. The van der Waals surface area contributed by atoms with Gasteiger partial charge in [-0.2, -0.15) is 0 Å². The highest BCUT2D eigenvalue weighted by atomic mass is 35.5. The van der Waals surface area contributed by atoms with Gasteiger partial charge in [0.1, 0.15) is 0 Å². The Morgan fingerprint density at radius 3 is 2.39 bits per heavy atom. The van der Waals surface area contributed by atoms with Crippen molar-refractivity contribution in [3.8, 4) is 11.5 Å². The van der Waals surface area contributed by atoms with E-state index in [1.807, 2.05) is 18.7 Å². The van der Waals surface area contributed by atoms with E-state index in [1.165, 1.54) is 14.2 Å². The summed E-state index contributed by atoms with van der Waals surface area (Å²) in [5, 5.41) is 3.56. The molecule has 2 aliphatic heterocycles. The van der Waals surface area contributed by atoms with Gasteiger partial charge in [0.05, 0.1) is 32.4 Å². The number of carbonyl (C=O) groups is 3. The van der Waals surface area contributed by atoms with Crippen LogP contribution in [0.25, 0.3) is 0 Å². The Hall–Kier alpha value is -3.76. The lowest BCUT2D eigenvalue weighted by atomic mass is 9.93. The van der Waals surface area contributed by atoms with E-state index in [0.29, 0.717) is 71.6 Å². The van der Waals surface area contributed by atoms with Gasteiger partial charge in [0.2, 0.25) is 0 Å². The summed E-state index contributed by atoms with van der Waals surface area (Å²) in [5.41, 5.74) is 2.07. The van der Waals surface area contributed by atoms with Crippen molar-refractivity contribution in [2.45, 2.75) is 32.9 Å². The third-order valence-corrected chi connectivity index (χ3v) is 7.68. The molecule has 0 aromatic heterocycles. The third-order valence-electron chi connectivity index (χ3n) is 7.43. The Kier molecular flexibility index (Phi) is 9.77. The summed E-state index contributed by atoms with van der Waals surface area (Å²) in [5.74, 6) is 0.338. The van der Waals surface area contributed by atoms with Gasteiger partial charge in [-0.15, -0.1) is 0 Å². The smallest absolute Gasteiger partial charge is 0.338 e. The van der Waals surface area contributed by atoms with E-state index in [0.717, 1.165) is 0 Å². The van der Waals surface area contributed by atoms with Gasteiger partial charge in [-0.05, 0) is 51.1 Å². The van der Waals surface area contributed by atoms with E-state index in [-0.39, 0.29) is 24.6 Å². The molecule has 0 saturated carbocycles. The number of likely N-dealkylation sites (N-methyl/N-ethyl adjacent to an activating group) is 1. The molecule has 1 fully saturated rings. The average Bonchev–Trinajstić information content (AvgIpc) is 2.96. The first-order valence-corrected chi connectivity index (χ1v) is 14.1. The maximum atomic E-state index is 13.5. The van der Waals surface area contributed by atoms with Crippen LogP contribution in [-0.2, 0) is 9.53 Å². The van der Waals surface area contributed by atoms with Crippen LogP contribution >= 0.6 is 11.6 Å². The van der Waals surface area contributed by atoms with E-state index in [9.17, 15) is 14.4 Å². The van der Waals surface area contributed by atoms with Crippen LogP contribution in [0, 0.1) is 0 Å². The highest BCUT2D eigenvalue weighted by Gasteiger charge is 2.40. The van der Waals surface area contributed by atoms with Crippen LogP contribution in [0.4, 0.5) is 4.79 Å². The molecular weight excluding hydrogens is 548 g/mol. The fraction of sp³-hybridized carbons (Fsp3) is 0.433. The molecule has 220 valence electrons. The minimum atomic E-state index is -0.811. The Labute approximate surface area is 245 Å². The quantitative estimate of drug-likeness (QED) is 0.443. The van der Waals surface area contributed by atoms with Crippen molar-refractivity contribution in [1.29, 1.82) is 0 Å². The number of nitrogens with zero attached hydrogens (tertiary/aromatic N) is 3. The summed E-state index contributed by atoms with van der Waals surface area (Å²) >= 11 is 6.00. The molecule has 2 atom stereocenters. The van der Waals surface area contributed by atoms with Gasteiger partial charge in [-0.3, -0.25) is 14.6 Å². The minimum Gasteiger partial charge on any atom is -0.493 e. The Balaban J connectivity index is 1.68. The lowest BCUT2D eigenvalue weighted by Gasteiger charge is -2.43. The van der Waals surface area contributed by atoms with Crippen molar-refractivity contribution < 1.29 is 28.6 Å². The molecule has 4 rings (SSSR count). The number of amides is 3. The second-order valence-corrected chi connectivity index (χ2v) is 10.3. The average molecular weight is 585 g/mol. The van der Waals surface area contributed by atoms with Crippen molar-refractivity contribution in [2.75, 3.05) is 53.6 Å². The van der Waals surface area contributed by atoms with E-state index >= 15 is 0 Å². The third kappa shape index (κ3) is 6.28. The summed E-state index contributed by atoms with van der Waals surface area (Å²) in [4.78, 5) is 45.7. The summed E-state index contributed by atoms with van der Waals surface area (Å²) < 4.78 is 16.6. The molecule has 0 bridgehead atoms. The number of nitrogens with one attached hydrogen (secondary N) is 1. The maximum Gasteiger partial charge on any atom is 0.338 e. The molecule has 2 heterocycles. The lowest BCUT2D eigenvalue weighted by Crippen LogP contribution is -2.56. The summed E-state index contributed by atoms with van der Waals surface area (Å²) in [6.45, 7) is 8.09. The number of piperazine rings is 1. The van der Waals surface area contributed by atoms with Gasteiger partial charge in [0.15, 0.2) is 11.5 Å². The molecule has 10 nitrogen and oxygen atoms in total. The molecule has 2 aromatic carbocycles. The van der Waals surface area contributed by atoms with Crippen LogP contribution in [-0.4, -0.2) is 92.2 Å². The zero-order valence-electron chi connectivity index (χ0n) is 24.1. The van der Waals surface area contributed by atoms with Crippen LogP contribution in [0.2, 0.25) is 5.02 Å². The van der Waals surface area contributed by atoms with Crippen molar-refractivity contribution >= 4 is 29.5 Å². The Morgan fingerprint density at radius 2 is 1.78 bits per heavy atom. The molecule has 0 aliphatic carbocycles. The summed E-state index contributed by atoms with van der Waals surface area (Å²) in [6.07, 6.45) is 0. The van der Waals surface area contributed by atoms with Crippen LogP contribution in [0.5, 0.6) is 11.5 Å². The lowest BCUT2D eigenvalue weighted by molar-refractivity contribution is -0.139. The van der Waals surface area contributed by atoms with Crippen molar-refractivity contribution in [1.82, 2.24) is 20.0 Å². The zero-order chi connectivity index (χ0) is 29.7. The molecule has 2 aliphatic rings. The zero-order valence-corrected chi connectivity index (χ0v) is 24.9. The number of benzene rings is 2. The van der Waals surface area contributed by atoms with E-state index in [2.05, 4.69) is 10.2 Å². The molecule has 1 N–H and O–H groups in total. The first-order chi connectivity index (χ1) is 19.7. The largest absolute Gasteiger partial charge is 0.493 e. The van der Waals surface area contributed by atoms with Crippen molar-refractivity contribution in [3.63, 3.8) is 0 Å². The fourth-order valence-corrected chi connectivity index (χ4v) is 5.60. The number of ether oxygens (including phenoxy) is 3. The monoisotopic (exact) mass is 584 g/mol. The minimum absolute atomic E-state index is 0.0577. The molecule has 41 heavy (non-hydrogen) atoms. The number of hydrogen-bond acceptors (Lipinski definition) is 7. The number of halogens is 1. The van der Waals surface area contributed by atoms with Crippen molar-refractivity contribution in [3.05, 3.63) is 69.9 Å². The van der Waals surface area contributed by atoms with E-state index < -0.39 is 12.0 Å². The SMILES string of the molecule is CCOC(=O)C1=C(CN2CCN(C(=O)c3ccc(Cl)cc3)C(C)C2)N(CC)C(=O)NC1c1cccc(OC)c1OC. The second kappa shape index (κ2) is 13.3. The van der Waals surface area contributed by atoms with E-state index in [4.69, 9.17) is 25.8 Å². The van der Waals surface area contributed by atoms with Crippen molar-refractivity contribution in [2.24, 2.45) is 0 Å². The Bertz CT molecular complexity index is 1310. The van der Waals surface area contributed by atoms with Crippen LogP contribution in [0.1, 0.15) is 42.7 Å². The van der Waals surface area contributed by atoms with E-state index in [1.54, 1.807) is 54.3 Å². The molecular formula is C30H37ClN4O6. The van der Waals surface area contributed by atoms with Gasteiger partial charge < -0.3 is 24.4 Å². The molecule has 1 saturated heterocycles. The number of urea groups is 1. The van der Waals surface area contributed by atoms with Gasteiger partial charge in [0.25, 0.3) is 5.91 Å². The molecule has 2 unspecified atom stereocenters. The number of hydrogen-bond donors (Lipinski definition) is 1. The molecule has 3 amide bonds. The number of rotatable bonds is 9. The predicted octanol–water partition coefficient (Wildman–Crippen LogP) is 4.11. The predicted molar refractivity (Wildman–Crippen MR) is 155 cm³/mol. The normalized spacial score (nSPS) is 19.6. The first kappa shape index (κ1) is 30.2. The molecule has 0 radical (unpaired) electrons. The number of carbonyl (C=O) groups excluding carboxylic acids is 3. The standard InChI is InChI=1S/C30H37ClN4O6/c1-6-34-23(18-33-15-16-35(19(3)17-33)28(36)20-11-13-21(31)14-12-20)25(29(37)41-7-2)26(32-30(34)38)22-9-8-10-24(39-4)27(22)40-5/h8-14,19,26H,6-7,15-18H2,1-5H3,(H,32,38). The number of para-hydroxylation sites is 1. The number of methoxy groups -OCH3 is 2. The van der Waals surface area contributed by atoms with Crippen LogP contribution in [0.3, 0.4) is 0 Å². The molecule has 2 aromatic rings. The molecule has 0 spiro atoms. The maximum absolute atomic E-state index is 13.5. The molecule has 11 heteroatoms. The highest BCUT2D eigenvalue weighted by Crippen LogP contribution is 2.40. The van der Waals surface area contributed by atoms with Crippen LogP contribution in [0.15, 0.2) is 53.7 Å². The Morgan fingerprint density at radius 1 is 1.05 bits per heavy atom. The first-order valence-electron chi connectivity index (χ1n) is 13.7. The summed E-state index contributed by atoms with van der Waals surface area (Å²) in [7, 11) is 3.05. The topological polar surface area (TPSA) is 101 Å². The summed E-state index contributed by atoms with van der Waals surface area (Å²) in [6, 6.07) is 11.0. The second-order valence-electron chi connectivity index (χ2n) is 9.88. The van der Waals surface area contributed by atoms with Crippen LogP contribution < -0.4 is 14.8 Å². The van der Waals surface area contributed by atoms with Gasteiger partial charge >= 0.3 is 12.0 Å². The van der Waals surface area contributed by atoms with Gasteiger partial charge in [-0.25, -0.2) is 9.59 Å².